The van der Waals surface area contributed by atoms with Gasteiger partial charge in [0.2, 0.25) is 0 Å². The fourth-order valence-electron chi connectivity index (χ4n) is 1.51. The number of nitrogens with zero attached hydrogens (tertiary/aromatic N) is 2. The van der Waals surface area contributed by atoms with Crippen LogP contribution in [0.1, 0.15) is 20.8 Å². The number of aliphatic imine (C=N–C) groups is 1. The van der Waals surface area contributed by atoms with E-state index in [4.69, 9.17) is 26.7 Å². The number of aromatic nitrogens is 1. The molecule has 1 unspecified atom stereocenters. The molecule has 0 bridgehead atoms. The first-order chi connectivity index (χ1) is 10.2. The minimum atomic E-state index is -0.837. The van der Waals surface area contributed by atoms with Gasteiger partial charge in [0.15, 0.2) is 29.0 Å². The summed E-state index contributed by atoms with van der Waals surface area (Å²) in [5, 5.41) is 0. The molecule has 7 nitrogen and oxygen atoms in total. The lowest BCUT2D eigenvalue weighted by Gasteiger charge is -2.31. The first-order valence-electron chi connectivity index (χ1n) is 6.61. The van der Waals surface area contributed by atoms with Crippen LogP contribution in [0.25, 0.3) is 0 Å². The van der Waals surface area contributed by atoms with Crippen LogP contribution in [-0.2, 0) is 4.74 Å². The molecule has 0 aliphatic heterocycles. The number of anilines is 1. The first kappa shape index (κ1) is 17.7. The molecule has 22 heavy (non-hydrogen) atoms. The SMILES string of the molecule is COC(C)C(C)(C)Oc1ccc(N=C(N)/C(F)=C\N)nc1N. The Kier molecular flexibility index (Phi) is 5.69. The molecule has 6 N–H and O–H groups in total. The van der Waals surface area contributed by atoms with E-state index < -0.39 is 11.4 Å². The van der Waals surface area contributed by atoms with Gasteiger partial charge in [-0.1, -0.05) is 0 Å². The van der Waals surface area contributed by atoms with Gasteiger partial charge in [-0.3, -0.25) is 0 Å². The molecule has 8 heteroatoms. The largest absolute Gasteiger partial charge is 0.481 e. The molecule has 1 rings (SSSR count). The number of nitrogen functional groups attached to an aromatic ring is 1. The van der Waals surface area contributed by atoms with E-state index in [0.29, 0.717) is 11.9 Å². The first-order valence-corrected chi connectivity index (χ1v) is 6.61. The fourth-order valence-corrected chi connectivity index (χ4v) is 1.51. The van der Waals surface area contributed by atoms with Gasteiger partial charge in [0, 0.05) is 13.3 Å². The van der Waals surface area contributed by atoms with Gasteiger partial charge in [0.1, 0.15) is 5.60 Å². The van der Waals surface area contributed by atoms with Crippen molar-refractivity contribution >= 4 is 17.5 Å². The van der Waals surface area contributed by atoms with Crippen LogP contribution in [0.5, 0.6) is 5.75 Å². The number of pyridine rings is 1. The topological polar surface area (TPSA) is 122 Å². The fraction of sp³-hybridized carbons (Fsp3) is 0.429. The van der Waals surface area contributed by atoms with Crippen molar-refractivity contribution < 1.29 is 13.9 Å². The van der Waals surface area contributed by atoms with E-state index >= 15 is 0 Å². The molecule has 1 atom stereocenters. The third kappa shape index (κ3) is 4.32. The second-order valence-corrected chi connectivity index (χ2v) is 5.15. The normalized spacial score (nSPS) is 14.8. The van der Waals surface area contributed by atoms with Gasteiger partial charge >= 0.3 is 0 Å². The number of hydrogen-bond acceptors (Lipinski definition) is 6. The highest BCUT2D eigenvalue weighted by Gasteiger charge is 2.29. The van der Waals surface area contributed by atoms with Crippen molar-refractivity contribution in [2.75, 3.05) is 12.8 Å². The van der Waals surface area contributed by atoms with Crippen LogP contribution in [0.2, 0.25) is 0 Å². The second-order valence-electron chi connectivity index (χ2n) is 5.15. The zero-order chi connectivity index (χ0) is 16.9. The quantitative estimate of drug-likeness (QED) is 0.542. The van der Waals surface area contributed by atoms with E-state index in [1.54, 1.807) is 13.2 Å². The molecule has 122 valence electrons. The Labute approximate surface area is 129 Å². The van der Waals surface area contributed by atoms with Crippen molar-refractivity contribution in [3.05, 3.63) is 24.2 Å². The lowest BCUT2D eigenvalue weighted by atomic mass is 10.0. The lowest BCUT2D eigenvalue weighted by Crippen LogP contribution is -2.41. The number of halogens is 1. The van der Waals surface area contributed by atoms with Crippen LogP contribution < -0.4 is 21.9 Å². The predicted molar refractivity (Wildman–Crippen MR) is 84.5 cm³/mol. The van der Waals surface area contributed by atoms with Crippen molar-refractivity contribution in [1.29, 1.82) is 0 Å². The van der Waals surface area contributed by atoms with Gasteiger partial charge in [-0.05, 0) is 32.9 Å². The van der Waals surface area contributed by atoms with Crippen LogP contribution >= 0.6 is 0 Å². The third-order valence-electron chi connectivity index (χ3n) is 3.20. The third-order valence-corrected chi connectivity index (χ3v) is 3.20. The lowest BCUT2D eigenvalue weighted by molar-refractivity contribution is -0.0421. The minimum Gasteiger partial charge on any atom is -0.481 e. The number of nitrogens with two attached hydrogens (primary N) is 3. The highest BCUT2D eigenvalue weighted by molar-refractivity contribution is 5.96. The summed E-state index contributed by atoms with van der Waals surface area (Å²) in [7, 11) is 1.59. The average Bonchev–Trinajstić information content (AvgIpc) is 2.47. The molecule has 0 amide bonds. The highest BCUT2D eigenvalue weighted by atomic mass is 19.1. The Hall–Kier alpha value is -2.35. The van der Waals surface area contributed by atoms with Crippen LogP contribution in [0.15, 0.2) is 29.2 Å². The average molecular weight is 311 g/mol. The molecular formula is C14H22FN5O2. The maximum Gasteiger partial charge on any atom is 0.180 e. The minimum absolute atomic E-state index is 0.113. The van der Waals surface area contributed by atoms with Gasteiger partial charge in [-0.25, -0.2) is 14.4 Å². The number of amidine groups is 1. The maximum atomic E-state index is 13.1. The van der Waals surface area contributed by atoms with Crippen LogP contribution in [0.3, 0.4) is 0 Å². The van der Waals surface area contributed by atoms with Crippen molar-refractivity contribution in [2.45, 2.75) is 32.5 Å². The van der Waals surface area contributed by atoms with Gasteiger partial charge in [-0.15, -0.1) is 0 Å². The van der Waals surface area contributed by atoms with Gasteiger partial charge in [0.05, 0.1) is 6.10 Å². The summed E-state index contributed by atoms with van der Waals surface area (Å²) in [6.07, 6.45) is 0.554. The zero-order valence-electron chi connectivity index (χ0n) is 13.1. The molecule has 0 aliphatic carbocycles. The number of hydrogen-bond donors (Lipinski definition) is 3. The smallest absolute Gasteiger partial charge is 0.180 e. The molecule has 0 aromatic carbocycles. The van der Waals surface area contributed by atoms with E-state index in [1.807, 2.05) is 20.8 Å². The molecule has 0 saturated heterocycles. The summed E-state index contributed by atoms with van der Waals surface area (Å²) in [6, 6.07) is 3.10. The molecule has 0 fully saturated rings. The Bertz CT molecular complexity index is 587. The van der Waals surface area contributed by atoms with Gasteiger partial charge in [0.25, 0.3) is 0 Å². The van der Waals surface area contributed by atoms with E-state index in [1.165, 1.54) is 6.07 Å². The van der Waals surface area contributed by atoms with Crippen LogP contribution in [-0.4, -0.2) is 29.6 Å². The van der Waals surface area contributed by atoms with E-state index in [0.717, 1.165) is 0 Å². The van der Waals surface area contributed by atoms with Crippen LogP contribution in [0.4, 0.5) is 16.0 Å². The number of rotatable bonds is 6. The summed E-state index contributed by atoms with van der Waals surface area (Å²) < 4.78 is 24.2. The van der Waals surface area contributed by atoms with E-state index in [9.17, 15) is 4.39 Å². The zero-order valence-corrected chi connectivity index (χ0v) is 13.1. The summed E-state index contributed by atoms with van der Waals surface area (Å²) >= 11 is 0. The molecular weight excluding hydrogens is 289 g/mol. The van der Waals surface area contributed by atoms with Crippen LogP contribution in [0, 0.1) is 0 Å². The van der Waals surface area contributed by atoms with Gasteiger partial charge in [-0.2, -0.15) is 0 Å². The predicted octanol–water partition coefficient (Wildman–Crippen LogP) is 1.61. The highest BCUT2D eigenvalue weighted by Crippen LogP contribution is 2.28. The summed E-state index contributed by atoms with van der Waals surface area (Å²) in [4.78, 5) is 7.79. The monoisotopic (exact) mass is 311 g/mol. The summed E-state index contributed by atoms with van der Waals surface area (Å²) in [5.74, 6) is -0.576. The molecule has 1 aromatic heterocycles. The maximum absolute atomic E-state index is 13.1. The van der Waals surface area contributed by atoms with E-state index in [2.05, 4.69) is 9.98 Å². The molecule has 0 saturated carbocycles. The number of ether oxygens (including phenoxy) is 2. The van der Waals surface area contributed by atoms with Crippen molar-refractivity contribution in [1.82, 2.24) is 4.98 Å². The van der Waals surface area contributed by atoms with Crippen molar-refractivity contribution in [2.24, 2.45) is 16.5 Å². The van der Waals surface area contributed by atoms with Crippen molar-refractivity contribution in [3.63, 3.8) is 0 Å². The molecule has 0 aliphatic rings. The Morgan fingerprint density at radius 1 is 1.45 bits per heavy atom. The molecule has 0 spiro atoms. The molecule has 0 radical (unpaired) electrons. The Balaban J connectivity index is 3.00. The Morgan fingerprint density at radius 2 is 2.09 bits per heavy atom. The Morgan fingerprint density at radius 3 is 2.59 bits per heavy atom. The molecule has 1 aromatic rings. The van der Waals surface area contributed by atoms with Gasteiger partial charge < -0.3 is 26.7 Å². The van der Waals surface area contributed by atoms with Crippen molar-refractivity contribution in [3.8, 4) is 5.75 Å². The van der Waals surface area contributed by atoms with E-state index in [-0.39, 0.29) is 23.6 Å². The summed E-state index contributed by atoms with van der Waals surface area (Å²) in [6.45, 7) is 5.61. The molecule has 1 heterocycles. The second kappa shape index (κ2) is 7.08. The standard InChI is InChI=1S/C14H22FN5O2/c1-8(21-4)14(2,3)22-10-5-6-11(20-13(10)18)19-12(17)9(15)7-16/h5-8H,16H2,1-4H3,(H4,17,18,19,20)/b9-7+. The summed E-state index contributed by atoms with van der Waals surface area (Å²) in [5.41, 5.74) is 15.6. The number of methoxy groups -OCH3 is 1.